The fourth-order valence-corrected chi connectivity index (χ4v) is 3.62. The summed E-state index contributed by atoms with van der Waals surface area (Å²) in [7, 11) is 0. The second kappa shape index (κ2) is 6.98. The zero-order chi connectivity index (χ0) is 17.2. The van der Waals surface area contributed by atoms with Crippen molar-refractivity contribution in [2.45, 2.75) is 25.8 Å². The summed E-state index contributed by atoms with van der Waals surface area (Å²) in [5, 5.41) is 4.98. The van der Waals surface area contributed by atoms with E-state index in [-0.39, 0.29) is 0 Å². The van der Waals surface area contributed by atoms with Crippen molar-refractivity contribution in [3.63, 3.8) is 0 Å². The topological polar surface area (TPSA) is 42.2 Å². The predicted molar refractivity (Wildman–Crippen MR) is 98.6 cm³/mol. The van der Waals surface area contributed by atoms with Gasteiger partial charge in [0, 0.05) is 23.7 Å². The average Bonchev–Trinajstić information content (AvgIpc) is 3.24. The van der Waals surface area contributed by atoms with E-state index in [1.165, 1.54) is 5.56 Å². The van der Waals surface area contributed by atoms with Crippen LogP contribution in [-0.4, -0.2) is 28.1 Å². The summed E-state index contributed by atoms with van der Waals surface area (Å²) in [6.45, 7) is 4.92. The van der Waals surface area contributed by atoms with Gasteiger partial charge < -0.3 is 4.52 Å². The number of benzene rings is 2. The first-order valence-electron chi connectivity index (χ1n) is 8.55. The smallest absolute Gasteiger partial charge is 0.231 e. The van der Waals surface area contributed by atoms with Crippen LogP contribution in [0.5, 0.6) is 0 Å². The first kappa shape index (κ1) is 16.3. The summed E-state index contributed by atoms with van der Waals surface area (Å²) >= 11 is 6.08. The molecule has 2 heterocycles. The van der Waals surface area contributed by atoms with E-state index in [4.69, 9.17) is 16.1 Å². The Morgan fingerprint density at radius 2 is 2.08 bits per heavy atom. The molecule has 128 valence electrons. The van der Waals surface area contributed by atoms with Gasteiger partial charge in [0.25, 0.3) is 0 Å². The van der Waals surface area contributed by atoms with Crippen molar-refractivity contribution in [2.75, 3.05) is 13.1 Å². The third-order valence-corrected chi connectivity index (χ3v) is 4.98. The lowest BCUT2D eigenvalue weighted by atomic mass is 10.1. The van der Waals surface area contributed by atoms with Gasteiger partial charge in [-0.3, -0.25) is 4.90 Å². The van der Waals surface area contributed by atoms with Crippen LogP contribution in [0.25, 0.3) is 11.4 Å². The molecule has 2 aromatic carbocycles. The molecule has 25 heavy (non-hydrogen) atoms. The number of aromatic nitrogens is 2. The van der Waals surface area contributed by atoms with Gasteiger partial charge in [-0.1, -0.05) is 53.2 Å². The highest BCUT2D eigenvalue weighted by Crippen LogP contribution is 2.29. The molecule has 0 N–H and O–H groups in total. The predicted octanol–water partition coefficient (Wildman–Crippen LogP) is 4.69. The monoisotopic (exact) mass is 353 g/mol. The van der Waals surface area contributed by atoms with Crippen molar-refractivity contribution in [3.05, 3.63) is 70.6 Å². The molecule has 0 unspecified atom stereocenters. The van der Waals surface area contributed by atoms with Crippen LogP contribution < -0.4 is 0 Å². The highest BCUT2D eigenvalue weighted by atomic mass is 35.5. The number of nitrogens with zero attached hydrogens (tertiary/aromatic N) is 3. The van der Waals surface area contributed by atoms with Crippen molar-refractivity contribution in [2.24, 2.45) is 0 Å². The minimum atomic E-state index is 0.296. The van der Waals surface area contributed by atoms with Crippen LogP contribution in [0.15, 0.2) is 53.1 Å². The summed E-state index contributed by atoms with van der Waals surface area (Å²) in [5.74, 6) is 1.72. The molecular formula is C20H20ClN3O. The maximum Gasteiger partial charge on any atom is 0.231 e. The average molecular weight is 354 g/mol. The summed E-state index contributed by atoms with van der Waals surface area (Å²) in [6, 6.07) is 16.2. The van der Waals surface area contributed by atoms with Crippen molar-refractivity contribution in [3.8, 4) is 11.4 Å². The second-order valence-corrected chi connectivity index (χ2v) is 7.06. The third kappa shape index (κ3) is 3.60. The van der Waals surface area contributed by atoms with E-state index < -0.39 is 0 Å². The van der Waals surface area contributed by atoms with Crippen LogP contribution in [0.3, 0.4) is 0 Å². The Kier molecular flexibility index (Phi) is 4.55. The van der Waals surface area contributed by atoms with Crippen LogP contribution >= 0.6 is 11.6 Å². The molecule has 1 aromatic heterocycles. The number of halogens is 1. The molecule has 0 spiro atoms. The van der Waals surface area contributed by atoms with Crippen molar-refractivity contribution in [1.82, 2.24) is 15.0 Å². The minimum Gasteiger partial charge on any atom is -0.339 e. The lowest BCUT2D eigenvalue weighted by molar-refractivity contribution is 0.309. The normalized spacial score (nSPS) is 17.9. The molecule has 4 nitrogen and oxygen atoms in total. The minimum absolute atomic E-state index is 0.296. The molecule has 0 aliphatic carbocycles. The largest absolute Gasteiger partial charge is 0.339 e. The molecule has 1 aliphatic heterocycles. The van der Waals surface area contributed by atoms with Crippen molar-refractivity contribution < 1.29 is 4.52 Å². The number of hydrogen-bond donors (Lipinski definition) is 0. The second-order valence-electron chi connectivity index (χ2n) is 6.62. The lowest BCUT2D eigenvalue weighted by Crippen LogP contribution is -2.19. The zero-order valence-corrected chi connectivity index (χ0v) is 14.9. The summed E-state index contributed by atoms with van der Waals surface area (Å²) in [6.07, 6.45) is 1.04. The quantitative estimate of drug-likeness (QED) is 0.682. The maximum atomic E-state index is 6.08. The molecule has 1 fully saturated rings. The highest BCUT2D eigenvalue weighted by Gasteiger charge is 2.28. The van der Waals surface area contributed by atoms with Gasteiger partial charge >= 0.3 is 0 Å². The number of rotatable bonds is 4. The first-order valence-corrected chi connectivity index (χ1v) is 8.93. The highest BCUT2D eigenvalue weighted by molar-refractivity contribution is 6.30. The third-order valence-electron chi connectivity index (χ3n) is 4.74. The van der Waals surface area contributed by atoms with Gasteiger partial charge in [-0.15, -0.1) is 0 Å². The summed E-state index contributed by atoms with van der Waals surface area (Å²) in [5.41, 5.74) is 3.43. The fraction of sp³-hybridized carbons (Fsp3) is 0.300. The molecule has 5 heteroatoms. The van der Waals surface area contributed by atoms with Crippen LogP contribution in [0.1, 0.15) is 29.4 Å². The molecule has 0 radical (unpaired) electrons. The molecule has 4 rings (SSSR count). The molecule has 1 saturated heterocycles. The van der Waals surface area contributed by atoms with Crippen molar-refractivity contribution in [1.29, 1.82) is 0 Å². The number of aryl methyl sites for hydroxylation is 1. The van der Waals surface area contributed by atoms with Gasteiger partial charge in [-0.05, 0) is 43.1 Å². The Bertz CT molecular complexity index is 877. The summed E-state index contributed by atoms with van der Waals surface area (Å²) < 4.78 is 5.57. The summed E-state index contributed by atoms with van der Waals surface area (Å²) in [4.78, 5) is 7.06. The number of likely N-dealkylation sites (tertiary alicyclic amines) is 1. The van der Waals surface area contributed by atoms with E-state index >= 15 is 0 Å². The van der Waals surface area contributed by atoms with Gasteiger partial charge in [0.2, 0.25) is 11.7 Å². The maximum absolute atomic E-state index is 6.08. The standard InChI is InChI=1S/C20H20ClN3O/c1-14-5-2-3-8-18(14)19-22-20(25-23-19)16-9-10-24(13-16)12-15-6-4-7-17(21)11-15/h2-8,11,16H,9-10,12-13H2,1H3/t16-/m0/s1. The zero-order valence-electron chi connectivity index (χ0n) is 14.2. The SMILES string of the molecule is Cc1ccccc1-c1noc([C@H]2CCN(Cc3cccc(Cl)c3)C2)n1. The van der Waals surface area contributed by atoms with Gasteiger partial charge in [0.05, 0.1) is 5.92 Å². The van der Waals surface area contributed by atoms with E-state index in [2.05, 4.69) is 34.1 Å². The molecule has 0 amide bonds. The van der Waals surface area contributed by atoms with Crippen LogP contribution in [-0.2, 0) is 6.54 Å². The molecule has 0 bridgehead atoms. The van der Waals surface area contributed by atoms with Crippen molar-refractivity contribution >= 4 is 11.6 Å². The van der Waals surface area contributed by atoms with Gasteiger partial charge in [-0.2, -0.15) is 4.98 Å². The van der Waals surface area contributed by atoms with Crippen LogP contribution in [0.4, 0.5) is 0 Å². The molecular weight excluding hydrogens is 334 g/mol. The van der Waals surface area contributed by atoms with Crippen LogP contribution in [0, 0.1) is 6.92 Å². The number of hydrogen-bond acceptors (Lipinski definition) is 4. The Balaban J connectivity index is 1.45. The van der Waals surface area contributed by atoms with Gasteiger partial charge in [0.15, 0.2) is 0 Å². The lowest BCUT2D eigenvalue weighted by Gasteiger charge is -2.15. The Hall–Kier alpha value is -2.17. The molecule has 3 aromatic rings. The Labute approximate surface area is 152 Å². The van der Waals surface area contributed by atoms with Gasteiger partial charge in [0.1, 0.15) is 0 Å². The Morgan fingerprint density at radius 1 is 1.20 bits per heavy atom. The molecule has 1 aliphatic rings. The van der Waals surface area contributed by atoms with E-state index in [1.807, 2.05) is 36.4 Å². The van der Waals surface area contributed by atoms with Crippen LogP contribution in [0.2, 0.25) is 5.02 Å². The fourth-order valence-electron chi connectivity index (χ4n) is 3.41. The van der Waals surface area contributed by atoms with E-state index in [0.717, 1.165) is 48.1 Å². The Morgan fingerprint density at radius 3 is 2.92 bits per heavy atom. The molecule has 1 atom stereocenters. The van der Waals surface area contributed by atoms with E-state index in [9.17, 15) is 0 Å². The molecule has 0 saturated carbocycles. The van der Waals surface area contributed by atoms with E-state index in [1.54, 1.807) is 0 Å². The van der Waals surface area contributed by atoms with E-state index in [0.29, 0.717) is 11.7 Å². The van der Waals surface area contributed by atoms with Gasteiger partial charge in [-0.25, -0.2) is 0 Å². The first-order chi connectivity index (χ1) is 12.2.